The topological polar surface area (TPSA) is 83.1 Å². The van der Waals surface area contributed by atoms with Crippen molar-refractivity contribution >= 4 is 5.91 Å². The third kappa shape index (κ3) is 3.72. The zero-order chi connectivity index (χ0) is 21.1. The van der Waals surface area contributed by atoms with E-state index in [0.717, 1.165) is 22.3 Å². The van der Waals surface area contributed by atoms with Gasteiger partial charge in [-0.05, 0) is 47.7 Å². The van der Waals surface area contributed by atoms with Gasteiger partial charge in [-0.2, -0.15) is 0 Å². The fourth-order valence-corrected chi connectivity index (χ4v) is 3.85. The van der Waals surface area contributed by atoms with E-state index < -0.39 is 0 Å². The number of benzene rings is 1. The van der Waals surface area contributed by atoms with E-state index in [0.29, 0.717) is 30.1 Å². The summed E-state index contributed by atoms with van der Waals surface area (Å²) in [5, 5.41) is 2.99. The Morgan fingerprint density at radius 3 is 2.24 bits per heavy atom. The van der Waals surface area contributed by atoms with Crippen LogP contribution in [-0.4, -0.2) is 34.3 Å². The molecule has 2 aromatic carbocycles. The van der Waals surface area contributed by atoms with Crippen LogP contribution in [0.4, 0.5) is 0 Å². The zero-order valence-electron chi connectivity index (χ0n) is 17.3. The highest BCUT2D eigenvalue weighted by Crippen LogP contribution is 2.50. The molecule has 0 radical (unpaired) electrons. The Kier molecular flexibility index (Phi) is 5.96. The van der Waals surface area contributed by atoms with Gasteiger partial charge in [0.2, 0.25) is 17.1 Å². The number of carbonyl (C=O) groups is 1. The Hall–Kier alpha value is -3.22. The van der Waals surface area contributed by atoms with Gasteiger partial charge in [0.15, 0.2) is 17.2 Å². The molecule has 154 valence electrons. The van der Waals surface area contributed by atoms with Crippen LogP contribution >= 0.6 is 0 Å². The number of hydrogen-bond acceptors (Lipinski definition) is 6. The highest BCUT2D eigenvalue weighted by molar-refractivity contribution is 5.83. The van der Waals surface area contributed by atoms with Crippen molar-refractivity contribution in [2.75, 3.05) is 28.4 Å². The van der Waals surface area contributed by atoms with Crippen LogP contribution in [0.25, 0.3) is 11.1 Å². The van der Waals surface area contributed by atoms with Crippen molar-refractivity contribution in [1.82, 2.24) is 5.32 Å². The fourth-order valence-electron chi connectivity index (χ4n) is 3.85. The van der Waals surface area contributed by atoms with Crippen molar-refractivity contribution in [2.24, 2.45) is 0 Å². The van der Waals surface area contributed by atoms with E-state index in [1.54, 1.807) is 33.5 Å². The average Bonchev–Trinajstić information content (AvgIpc) is 2.95. The molecule has 0 aromatic heterocycles. The third-order valence-corrected chi connectivity index (χ3v) is 5.10. The Bertz CT molecular complexity index is 1000. The molecule has 1 N–H and O–H groups in total. The van der Waals surface area contributed by atoms with E-state index in [-0.39, 0.29) is 23.1 Å². The summed E-state index contributed by atoms with van der Waals surface area (Å²) >= 11 is 0. The van der Waals surface area contributed by atoms with Gasteiger partial charge in [-0.1, -0.05) is 6.07 Å². The second kappa shape index (κ2) is 8.43. The number of carbonyl (C=O) groups excluding carboxylic acids is 1. The molecule has 1 aliphatic rings. The van der Waals surface area contributed by atoms with Crippen LogP contribution in [0.3, 0.4) is 0 Å². The van der Waals surface area contributed by atoms with Crippen molar-refractivity contribution < 1.29 is 23.7 Å². The maximum atomic E-state index is 12.4. The van der Waals surface area contributed by atoms with E-state index in [1.165, 1.54) is 20.1 Å². The van der Waals surface area contributed by atoms with Gasteiger partial charge in [0.25, 0.3) is 0 Å². The lowest BCUT2D eigenvalue weighted by molar-refractivity contribution is -0.119. The lowest BCUT2D eigenvalue weighted by Crippen LogP contribution is -2.26. The average molecular weight is 399 g/mol. The van der Waals surface area contributed by atoms with Crippen molar-refractivity contribution in [2.45, 2.75) is 25.8 Å². The van der Waals surface area contributed by atoms with Crippen molar-refractivity contribution in [3.8, 4) is 34.1 Å². The Morgan fingerprint density at radius 1 is 0.966 bits per heavy atom. The Labute approximate surface area is 169 Å². The number of ether oxygens (including phenoxy) is 4. The van der Waals surface area contributed by atoms with Crippen molar-refractivity contribution in [1.29, 1.82) is 0 Å². The number of rotatable bonds is 5. The summed E-state index contributed by atoms with van der Waals surface area (Å²) < 4.78 is 22.1. The molecule has 0 unspecified atom stereocenters. The lowest BCUT2D eigenvalue weighted by Gasteiger charge is -2.20. The van der Waals surface area contributed by atoms with Crippen LogP contribution in [0.15, 0.2) is 29.1 Å². The molecule has 29 heavy (non-hydrogen) atoms. The molecule has 2 aromatic rings. The number of fused-ring (bicyclic) bond motifs is 3. The van der Waals surface area contributed by atoms with Gasteiger partial charge in [-0.15, -0.1) is 0 Å². The van der Waals surface area contributed by atoms with Crippen LogP contribution in [0, 0.1) is 0 Å². The second-order valence-electron chi connectivity index (χ2n) is 6.75. The first-order chi connectivity index (χ1) is 13.9. The smallest absolute Gasteiger partial charge is 0.220 e. The third-order valence-electron chi connectivity index (χ3n) is 5.10. The van der Waals surface area contributed by atoms with E-state index in [2.05, 4.69) is 5.32 Å². The quantitative estimate of drug-likeness (QED) is 0.833. The fraction of sp³-hybridized carbons (Fsp3) is 0.364. The van der Waals surface area contributed by atoms with E-state index in [4.69, 9.17) is 18.9 Å². The molecule has 7 nitrogen and oxygen atoms in total. The van der Waals surface area contributed by atoms with Gasteiger partial charge in [-0.25, -0.2) is 0 Å². The predicted octanol–water partition coefficient (Wildman–Crippen LogP) is 2.87. The van der Waals surface area contributed by atoms with E-state index in [1.807, 2.05) is 6.07 Å². The molecule has 1 atom stereocenters. The number of nitrogens with one attached hydrogen (secondary N) is 1. The first kappa shape index (κ1) is 20.5. The molecule has 0 heterocycles. The molecule has 0 spiro atoms. The molecule has 3 rings (SSSR count). The first-order valence-electron chi connectivity index (χ1n) is 9.26. The minimum Gasteiger partial charge on any atom is -0.493 e. The van der Waals surface area contributed by atoms with Crippen LogP contribution in [-0.2, 0) is 11.2 Å². The maximum absolute atomic E-state index is 12.4. The van der Waals surface area contributed by atoms with E-state index >= 15 is 0 Å². The van der Waals surface area contributed by atoms with Gasteiger partial charge >= 0.3 is 0 Å². The van der Waals surface area contributed by atoms with Crippen LogP contribution in [0.2, 0.25) is 0 Å². The largest absolute Gasteiger partial charge is 0.493 e. The zero-order valence-corrected chi connectivity index (χ0v) is 17.3. The summed E-state index contributed by atoms with van der Waals surface area (Å²) in [6.45, 7) is 1.48. The molecular formula is C22H25NO6. The predicted molar refractivity (Wildman–Crippen MR) is 109 cm³/mol. The number of hydrogen-bond donors (Lipinski definition) is 1. The normalized spacial score (nSPS) is 14.7. The molecule has 1 amide bonds. The van der Waals surface area contributed by atoms with Crippen LogP contribution < -0.4 is 29.7 Å². The monoisotopic (exact) mass is 399 g/mol. The van der Waals surface area contributed by atoms with Gasteiger partial charge < -0.3 is 24.3 Å². The highest BCUT2D eigenvalue weighted by atomic mass is 16.5. The van der Waals surface area contributed by atoms with E-state index in [9.17, 15) is 9.59 Å². The lowest BCUT2D eigenvalue weighted by atomic mass is 9.95. The van der Waals surface area contributed by atoms with Gasteiger partial charge in [0.1, 0.15) is 0 Å². The summed E-state index contributed by atoms with van der Waals surface area (Å²) in [4.78, 5) is 24.3. The molecular weight excluding hydrogens is 374 g/mol. The minimum absolute atomic E-state index is 0.144. The standard InChI is InChI=1S/C22H25NO6/c1-12(24)23-16-8-6-13-10-19(27-3)21(28-4)22(29-5)20(13)15-11-18(26-2)17(25)9-7-14(15)16/h7,9-11,16H,6,8H2,1-5H3,(H,23,24)/t16-/m0/s1. The van der Waals surface area contributed by atoms with Gasteiger partial charge in [0.05, 0.1) is 34.5 Å². The molecule has 0 bridgehead atoms. The SMILES string of the molecule is COc1cc2c(c(OC)c1OC)-c1cc(OC)c(=O)ccc1[C@@H](NC(C)=O)CC2. The Morgan fingerprint density at radius 2 is 1.66 bits per heavy atom. The number of aryl methyl sites for hydroxylation is 1. The first-order valence-corrected chi connectivity index (χ1v) is 9.26. The van der Waals surface area contributed by atoms with Gasteiger partial charge in [-0.3, -0.25) is 9.59 Å². The summed E-state index contributed by atoms with van der Waals surface area (Å²) in [5.41, 5.74) is 3.07. The Balaban J connectivity index is 2.43. The highest BCUT2D eigenvalue weighted by Gasteiger charge is 2.29. The summed E-state index contributed by atoms with van der Waals surface area (Å²) in [6.07, 6.45) is 1.32. The number of methoxy groups -OCH3 is 4. The maximum Gasteiger partial charge on any atom is 0.220 e. The minimum atomic E-state index is -0.270. The summed E-state index contributed by atoms with van der Waals surface area (Å²) in [7, 11) is 6.14. The molecule has 0 aliphatic heterocycles. The molecule has 0 fully saturated rings. The molecule has 0 saturated carbocycles. The second-order valence-corrected chi connectivity index (χ2v) is 6.75. The van der Waals surface area contributed by atoms with Crippen LogP contribution in [0.5, 0.6) is 23.0 Å². The van der Waals surface area contributed by atoms with Crippen molar-refractivity contribution in [3.05, 3.63) is 45.6 Å². The summed E-state index contributed by atoms with van der Waals surface area (Å²) in [5.74, 6) is 1.59. The van der Waals surface area contributed by atoms with Gasteiger partial charge in [0, 0.05) is 12.5 Å². The summed E-state index contributed by atoms with van der Waals surface area (Å²) in [6, 6.07) is 6.55. The van der Waals surface area contributed by atoms with Crippen molar-refractivity contribution in [3.63, 3.8) is 0 Å². The number of amides is 1. The molecule has 1 aliphatic carbocycles. The molecule has 0 saturated heterocycles. The van der Waals surface area contributed by atoms with Crippen LogP contribution in [0.1, 0.15) is 30.5 Å². The molecule has 7 heteroatoms.